The first-order valence-electron chi connectivity index (χ1n) is 4.02. The molecule has 13 heavy (non-hydrogen) atoms. The van der Waals surface area contributed by atoms with E-state index in [4.69, 9.17) is 10.0 Å². The van der Waals surface area contributed by atoms with E-state index < -0.39 is 0 Å². The third-order valence-corrected chi connectivity index (χ3v) is 2.13. The van der Waals surface area contributed by atoms with Crippen molar-refractivity contribution >= 4 is 19.4 Å². The molecule has 0 saturated carbocycles. The van der Waals surface area contributed by atoms with Gasteiger partial charge < -0.3 is 10.0 Å². The average molecular weight is 197 g/mol. The molecule has 0 bridgehead atoms. The second-order valence-electron chi connectivity index (χ2n) is 2.60. The molecule has 0 aliphatic rings. The Kier molecular flexibility index (Phi) is 7.89. The lowest BCUT2D eigenvalue weighted by molar-refractivity contribution is 0.448. The summed E-state index contributed by atoms with van der Waals surface area (Å²) in [5, 5.41) is 14.7. The third-order valence-electron chi connectivity index (χ3n) is 1.11. The minimum atomic E-state index is 0. The van der Waals surface area contributed by atoms with Crippen LogP contribution < -0.4 is 0 Å². The van der Waals surface area contributed by atoms with Crippen LogP contribution in [0, 0.1) is 0 Å². The average Bonchev–Trinajstić information content (AvgIpc) is 2.06. The molecule has 0 spiro atoms. The maximum atomic E-state index is 7.00. The van der Waals surface area contributed by atoms with Gasteiger partial charge in [0.05, 0.1) is 0 Å². The fraction of sp³-hybridized carbons (Fsp3) is 0.333. The molecule has 2 N–H and O–H groups in total. The Balaban J connectivity index is 0.000000424. The lowest BCUT2D eigenvalue weighted by Crippen LogP contribution is -1.84. The number of hydrogen-bond donors (Lipinski definition) is 2. The molecule has 0 amide bonds. The van der Waals surface area contributed by atoms with E-state index in [1.165, 1.54) is 4.90 Å². The molecule has 0 aliphatic carbocycles. The molecule has 2 nitrogen and oxygen atoms in total. The van der Waals surface area contributed by atoms with Gasteiger partial charge in [-0.25, -0.2) is 0 Å². The van der Waals surface area contributed by atoms with E-state index in [1.54, 1.807) is 0 Å². The van der Waals surface area contributed by atoms with Crippen LogP contribution in [-0.4, -0.2) is 23.0 Å². The van der Waals surface area contributed by atoms with Crippen molar-refractivity contribution in [2.45, 2.75) is 24.0 Å². The molecule has 0 saturated heterocycles. The van der Waals surface area contributed by atoms with Gasteiger partial charge in [0, 0.05) is 10.1 Å². The first kappa shape index (κ1) is 12.6. The normalized spacial score (nSPS) is 9.00. The van der Waals surface area contributed by atoms with E-state index in [-0.39, 0.29) is 7.69 Å². The summed E-state index contributed by atoms with van der Waals surface area (Å²) < 4.78 is 0. The first-order valence-corrected chi connectivity index (χ1v) is 4.90. The van der Waals surface area contributed by atoms with E-state index in [2.05, 4.69) is 38.1 Å². The van der Waals surface area contributed by atoms with Gasteiger partial charge in [-0.15, -0.1) is 11.8 Å². The third kappa shape index (κ3) is 7.90. The number of hydrogen-bond acceptors (Lipinski definition) is 3. The van der Waals surface area contributed by atoms with Crippen LogP contribution in [0.3, 0.4) is 0 Å². The fourth-order valence-corrected chi connectivity index (χ4v) is 1.63. The maximum Gasteiger partial charge on any atom is 0.482 e. The van der Waals surface area contributed by atoms with Gasteiger partial charge in [-0.05, 0) is 12.1 Å². The van der Waals surface area contributed by atoms with Crippen molar-refractivity contribution in [2.75, 3.05) is 0 Å². The van der Waals surface area contributed by atoms with Gasteiger partial charge in [0.15, 0.2) is 0 Å². The Hall–Kier alpha value is -0.445. The van der Waals surface area contributed by atoms with Crippen molar-refractivity contribution in [3.8, 4) is 0 Å². The van der Waals surface area contributed by atoms with Crippen LogP contribution in [0.5, 0.6) is 0 Å². The zero-order valence-electron chi connectivity index (χ0n) is 7.84. The summed E-state index contributed by atoms with van der Waals surface area (Å²) in [7, 11) is 0. The minimum Gasteiger partial charge on any atom is -0.429 e. The van der Waals surface area contributed by atoms with Crippen molar-refractivity contribution < 1.29 is 10.0 Å². The monoisotopic (exact) mass is 197 g/mol. The summed E-state index contributed by atoms with van der Waals surface area (Å²) in [5.41, 5.74) is 0. The molecular weight excluding hydrogens is 183 g/mol. The molecule has 4 heteroatoms. The molecule has 1 aromatic rings. The van der Waals surface area contributed by atoms with Crippen molar-refractivity contribution in [1.82, 2.24) is 0 Å². The van der Waals surface area contributed by atoms with Gasteiger partial charge in [-0.3, -0.25) is 0 Å². The SMILES string of the molecule is CC(C)Sc1ccccc1.O[B]O. The summed E-state index contributed by atoms with van der Waals surface area (Å²) >= 11 is 1.90. The highest BCUT2D eigenvalue weighted by molar-refractivity contribution is 7.99. The number of benzene rings is 1. The lowest BCUT2D eigenvalue weighted by Gasteiger charge is -2.02. The topological polar surface area (TPSA) is 40.5 Å². The zero-order valence-corrected chi connectivity index (χ0v) is 8.66. The van der Waals surface area contributed by atoms with Gasteiger partial charge in [0.25, 0.3) is 0 Å². The molecule has 1 radical (unpaired) electrons. The maximum absolute atomic E-state index is 7.00. The Morgan fingerprint density at radius 2 is 1.62 bits per heavy atom. The van der Waals surface area contributed by atoms with E-state index in [0.717, 1.165) is 0 Å². The molecule has 0 atom stereocenters. The van der Waals surface area contributed by atoms with E-state index >= 15 is 0 Å². The van der Waals surface area contributed by atoms with Gasteiger partial charge in [-0.1, -0.05) is 32.0 Å². The highest BCUT2D eigenvalue weighted by Crippen LogP contribution is 2.21. The quantitative estimate of drug-likeness (QED) is 0.559. The van der Waals surface area contributed by atoms with Crippen molar-refractivity contribution in [3.05, 3.63) is 30.3 Å². The van der Waals surface area contributed by atoms with E-state index in [1.807, 2.05) is 17.8 Å². The molecule has 0 aromatic heterocycles. The fourth-order valence-electron chi connectivity index (χ4n) is 0.771. The van der Waals surface area contributed by atoms with Crippen LogP contribution in [0.25, 0.3) is 0 Å². The molecule has 71 valence electrons. The number of thioether (sulfide) groups is 1. The van der Waals surface area contributed by atoms with Crippen LogP contribution in [0.4, 0.5) is 0 Å². The summed E-state index contributed by atoms with van der Waals surface area (Å²) in [6.45, 7) is 4.41. The molecule has 1 aromatic carbocycles. The highest BCUT2D eigenvalue weighted by atomic mass is 32.2. The lowest BCUT2D eigenvalue weighted by atomic mass is 10.4. The van der Waals surface area contributed by atoms with Crippen LogP contribution in [-0.2, 0) is 0 Å². The Morgan fingerprint density at radius 1 is 1.15 bits per heavy atom. The summed E-state index contributed by atoms with van der Waals surface area (Å²) in [6, 6.07) is 10.5. The molecular formula is C9H14BO2S. The van der Waals surface area contributed by atoms with E-state index in [9.17, 15) is 0 Å². The zero-order chi connectivity index (χ0) is 10.1. The molecule has 0 fully saturated rings. The van der Waals surface area contributed by atoms with Crippen LogP contribution in [0.1, 0.15) is 13.8 Å². The first-order chi connectivity index (χ1) is 6.20. The molecule has 0 aliphatic heterocycles. The number of rotatable bonds is 2. The summed E-state index contributed by atoms with van der Waals surface area (Å²) in [6.07, 6.45) is 0. The van der Waals surface area contributed by atoms with Crippen LogP contribution >= 0.6 is 11.8 Å². The smallest absolute Gasteiger partial charge is 0.429 e. The van der Waals surface area contributed by atoms with Crippen LogP contribution in [0.15, 0.2) is 35.2 Å². The highest BCUT2D eigenvalue weighted by Gasteiger charge is 1.94. The Labute approximate surface area is 84.3 Å². The predicted octanol–water partition coefficient (Wildman–Crippen LogP) is 1.69. The Bertz CT molecular complexity index is 204. The second-order valence-corrected chi connectivity index (χ2v) is 4.25. The summed E-state index contributed by atoms with van der Waals surface area (Å²) in [5.74, 6) is 0. The van der Waals surface area contributed by atoms with Gasteiger partial charge in [0.1, 0.15) is 0 Å². The van der Waals surface area contributed by atoms with Gasteiger partial charge >= 0.3 is 7.69 Å². The molecule has 0 unspecified atom stereocenters. The minimum absolute atomic E-state index is 0. The Morgan fingerprint density at radius 3 is 2.00 bits per heavy atom. The van der Waals surface area contributed by atoms with E-state index in [0.29, 0.717) is 5.25 Å². The van der Waals surface area contributed by atoms with Crippen molar-refractivity contribution in [1.29, 1.82) is 0 Å². The standard InChI is InChI=1S/C9H12S.BH2O2/c1-8(2)10-9-6-4-3-5-7-9;2-1-3/h3-8H,1-2H3;2-3H. The van der Waals surface area contributed by atoms with Crippen LogP contribution in [0.2, 0.25) is 0 Å². The largest absolute Gasteiger partial charge is 0.482 e. The molecule has 1 rings (SSSR count). The van der Waals surface area contributed by atoms with Crippen molar-refractivity contribution in [3.63, 3.8) is 0 Å². The van der Waals surface area contributed by atoms with Crippen molar-refractivity contribution in [2.24, 2.45) is 0 Å². The van der Waals surface area contributed by atoms with Gasteiger partial charge in [0.2, 0.25) is 0 Å². The summed E-state index contributed by atoms with van der Waals surface area (Å²) in [4.78, 5) is 1.36. The predicted molar refractivity (Wildman–Crippen MR) is 57.6 cm³/mol. The van der Waals surface area contributed by atoms with Gasteiger partial charge in [-0.2, -0.15) is 0 Å². The second kappa shape index (κ2) is 8.17. The molecule has 0 heterocycles.